The Morgan fingerprint density at radius 2 is 1.93 bits per heavy atom. The van der Waals surface area contributed by atoms with Crippen LogP contribution in [0.4, 0.5) is 5.69 Å². The molecule has 0 bridgehead atoms. The summed E-state index contributed by atoms with van der Waals surface area (Å²) in [5.74, 6) is -1.20. The van der Waals surface area contributed by atoms with Crippen molar-refractivity contribution in [2.24, 2.45) is 0 Å². The molecule has 0 aliphatic heterocycles. The second-order valence-electron chi connectivity index (χ2n) is 6.27. The van der Waals surface area contributed by atoms with E-state index in [4.69, 9.17) is 4.74 Å². The summed E-state index contributed by atoms with van der Waals surface area (Å²) in [4.78, 5) is 42.5. The number of amides is 1. The Morgan fingerprint density at radius 3 is 2.55 bits per heavy atom. The maximum Gasteiger partial charge on any atom is 0.360 e. The third-order valence-corrected chi connectivity index (χ3v) is 5.17. The number of para-hydroxylation sites is 1. The van der Waals surface area contributed by atoms with Crippen molar-refractivity contribution in [1.82, 2.24) is 14.8 Å². The van der Waals surface area contributed by atoms with Gasteiger partial charge in [0.05, 0.1) is 28.7 Å². The lowest BCUT2D eigenvalue weighted by atomic mass is 10.2. The van der Waals surface area contributed by atoms with E-state index in [0.29, 0.717) is 16.3 Å². The highest BCUT2D eigenvalue weighted by Gasteiger charge is 2.22. The molecule has 0 unspecified atom stereocenters. The first-order chi connectivity index (χ1) is 13.8. The predicted molar refractivity (Wildman–Crippen MR) is 110 cm³/mol. The van der Waals surface area contributed by atoms with Crippen LogP contribution in [-0.4, -0.2) is 33.2 Å². The third-order valence-electron chi connectivity index (χ3n) is 4.10. The molecule has 29 heavy (non-hydrogen) atoms. The molecule has 0 atom stereocenters. The van der Waals surface area contributed by atoms with Crippen molar-refractivity contribution in [3.8, 4) is 5.69 Å². The molecule has 3 aromatic rings. The van der Waals surface area contributed by atoms with Crippen molar-refractivity contribution in [2.45, 2.75) is 27.7 Å². The van der Waals surface area contributed by atoms with Crippen molar-refractivity contribution >= 4 is 28.9 Å². The number of anilines is 1. The first-order valence-corrected chi connectivity index (χ1v) is 9.76. The molecule has 2 heterocycles. The molecule has 3 rings (SSSR count). The molecule has 1 aromatic carbocycles. The third kappa shape index (κ3) is 4.24. The van der Waals surface area contributed by atoms with E-state index in [9.17, 15) is 14.4 Å². The number of carbonyl (C=O) groups excluding carboxylic acids is 2. The first kappa shape index (κ1) is 20.4. The number of nitrogens with one attached hydrogen (secondary N) is 1. The minimum Gasteiger partial charge on any atom is -0.461 e. The molecule has 1 N–H and O–H groups in total. The molecule has 0 saturated carbocycles. The second-order valence-corrected chi connectivity index (χ2v) is 7.47. The number of thiazole rings is 1. The van der Waals surface area contributed by atoms with Crippen molar-refractivity contribution in [3.05, 3.63) is 67.5 Å². The summed E-state index contributed by atoms with van der Waals surface area (Å²) >= 11 is 1.23. The van der Waals surface area contributed by atoms with Gasteiger partial charge < -0.3 is 10.1 Å². The molecule has 8 nitrogen and oxygen atoms in total. The van der Waals surface area contributed by atoms with Gasteiger partial charge in [-0.1, -0.05) is 18.2 Å². The van der Waals surface area contributed by atoms with E-state index in [2.05, 4.69) is 15.4 Å². The summed E-state index contributed by atoms with van der Waals surface area (Å²) in [5.41, 5.74) is 1.28. The van der Waals surface area contributed by atoms with Gasteiger partial charge in [-0.2, -0.15) is 9.78 Å². The monoisotopic (exact) mass is 412 g/mol. The number of nitrogens with zero attached hydrogens (tertiary/aromatic N) is 3. The number of rotatable bonds is 5. The van der Waals surface area contributed by atoms with Gasteiger partial charge in [-0.15, -0.1) is 11.3 Å². The number of ether oxygens (including phenoxy) is 1. The zero-order valence-electron chi connectivity index (χ0n) is 16.5. The molecule has 0 saturated heterocycles. The largest absolute Gasteiger partial charge is 0.461 e. The minimum absolute atomic E-state index is 0.00580. The fourth-order valence-corrected chi connectivity index (χ4v) is 3.61. The summed E-state index contributed by atoms with van der Waals surface area (Å²) in [6, 6.07) is 8.33. The Kier molecular flexibility index (Phi) is 5.88. The van der Waals surface area contributed by atoms with E-state index in [1.807, 2.05) is 19.1 Å². The van der Waals surface area contributed by atoms with E-state index in [1.54, 1.807) is 32.9 Å². The lowest BCUT2D eigenvalue weighted by molar-refractivity contribution is 0.0518. The van der Waals surface area contributed by atoms with E-state index >= 15 is 0 Å². The maximum absolute atomic E-state index is 12.7. The van der Waals surface area contributed by atoms with Gasteiger partial charge in [-0.25, -0.2) is 9.78 Å². The number of hydrogen-bond acceptors (Lipinski definition) is 7. The maximum atomic E-state index is 12.7. The highest BCUT2D eigenvalue weighted by molar-refractivity contribution is 7.13. The van der Waals surface area contributed by atoms with Gasteiger partial charge in [0.2, 0.25) is 0 Å². The van der Waals surface area contributed by atoms with Crippen LogP contribution in [-0.2, 0) is 4.74 Å². The van der Waals surface area contributed by atoms with Gasteiger partial charge in [0, 0.05) is 6.07 Å². The van der Waals surface area contributed by atoms with E-state index in [0.717, 1.165) is 15.3 Å². The number of aryl methyl sites for hydroxylation is 3. The molecular weight excluding hydrogens is 392 g/mol. The molecule has 9 heteroatoms. The van der Waals surface area contributed by atoms with Crippen LogP contribution >= 0.6 is 11.3 Å². The number of carbonyl (C=O) groups is 2. The summed E-state index contributed by atoms with van der Waals surface area (Å²) in [6.07, 6.45) is 0. The molecule has 150 valence electrons. The Balaban J connectivity index is 2.09. The quantitative estimate of drug-likeness (QED) is 0.646. The predicted octanol–water partition coefficient (Wildman–Crippen LogP) is 3.04. The van der Waals surface area contributed by atoms with Crippen LogP contribution in [0.5, 0.6) is 0 Å². The van der Waals surface area contributed by atoms with Crippen LogP contribution in [0.15, 0.2) is 35.1 Å². The molecule has 0 aliphatic carbocycles. The van der Waals surface area contributed by atoms with Gasteiger partial charge in [0.15, 0.2) is 5.69 Å². The van der Waals surface area contributed by atoms with Crippen molar-refractivity contribution in [2.75, 3.05) is 11.9 Å². The number of esters is 1. The second kappa shape index (κ2) is 8.36. The Labute approximate surface area is 171 Å². The Morgan fingerprint density at radius 1 is 1.21 bits per heavy atom. The Hall–Kier alpha value is -3.33. The van der Waals surface area contributed by atoms with Gasteiger partial charge in [0.1, 0.15) is 4.88 Å². The summed E-state index contributed by atoms with van der Waals surface area (Å²) in [6.45, 7) is 7.14. The van der Waals surface area contributed by atoms with Gasteiger partial charge in [0.25, 0.3) is 11.5 Å². The molecule has 0 aliphatic rings. The van der Waals surface area contributed by atoms with Gasteiger partial charge in [-0.3, -0.25) is 9.59 Å². The molecule has 1 amide bonds. The summed E-state index contributed by atoms with van der Waals surface area (Å²) < 4.78 is 6.19. The molecule has 2 aromatic heterocycles. The minimum atomic E-state index is -0.734. The lowest BCUT2D eigenvalue weighted by Gasteiger charge is -2.13. The fourth-order valence-electron chi connectivity index (χ4n) is 2.80. The molecular formula is C20H20N4O4S. The standard InChI is InChI=1S/C20H20N4O4S/c1-5-28-20(27)17-14(22-19(26)18-12(3)21-13(4)29-18)10-16(25)24(23-17)15-9-7-6-8-11(15)2/h6-10H,5H2,1-4H3,(H,22,26). The highest BCUT2D eigenvalue weighted by Crippen LogP contribution is 2.21. The van der Waals surface area contributed by atoms with Crippen molar-refractivity contribution in [3.63, 3.8) is 0 Å². The summed E-state index contributed by atoms with van der Waals surface area (Å²) in [7, 11) is 0. The van der Waals surface area contributed by atoms with Crippen LogP contribution in [0, 0.1) is 20.8 Å². The zero-order chi connectivity index (χ0) is 21.1. The number of benzene rings is 1. The SMILES string of the molecule is CCOC(=O)c1nn(-c2ccccc2C)c(=O)cc1NC(=O)c1sc(C)nc1C. The van der Waals surface area contributed by atoms with Crippen LogP contribution in [0.3, 0.4) is 0 Å². The molecule has 0 fully saturated rings. The van der Waals surface area contributed by atoms with Crippen LogP contribution in [0.2, 0.25) is 0 Å². The van der Waals surface area contributed by atoms with Crippen molar-refractivity contribution < 1.29 is 14.3 Å². The first-order valence-electron chi connectivity index (χ1n) is 8.94. The average Bonchev–Trinajstić information content (AvgIpc) is 3.01. The van der Waals surface area contributed by atoms with Gasteiger partial charge in [-0.05, 0) is 39.3 Å². The van der Waals surface area contributed by atoms with E-state index < -0.39 is 17.4 Å². The van der Waals surface area contributed by atoms with Crippen LogP contribution in [0.25, 0.3) is 5.69 Å². The molecule has 0 spiro atoms. The average molecular weight is 412 g/mol. The van der Waals surface area contributed by atoms with E-state index in [-0.39, 0.29) is 18.0 Å². The lowest BCUT2D eigenvalue weighted by Crippen LogP contribution is -2.27. The number of hydrogen-bond donors (Lipinski definition) is 1. The smallest absolute Gasteiger partial charge is 0.360 e. The normalized spacial score (nSPS) is 10.6. The number of aromatic nitrogens is 3. The van der Waals surface area contributed by atoms with Crippen LogP contribution < -0.4 is 10.9 Å². The molecule has 0 radical (unpaired) electrons. The summed E-state index contributed by atoms with van der Waals surface area (Å²) in [5, 5.41) is 7.55. The van der Waals surface area contributed by atoms with Crippen LogP contribution in [0.1, 0.15) is 43.3 Å². The van der Waals surface area contributed by atoms with E-state index in [1.165, 1.54) is 17.4 Å². The zero-order valence-corrected chi connectivity index (χ0v) is 17.3. The van der Waals surface area contributed by atoms with Crippen molar-refractivity contribution in [1.29, 1.82) is 0 Å². The fraction of sp³-hybridized carbons (Fsp3) is 0.250. The topological polar surface area (TPSA) is 103 Å². The van der Waals surface area contributed by atoms with Gasteiger partial charge >= 0.3 is 5.97 Å². The Bertz CT molecular complexity index is 1150. The highest BCUT2D eigenvalue weighted by atomic mass is 32.1.